The van der Waals surface area contributed by atoms with Gasteiger partial charge in [-0.15, -0.1) is 0 Å². The van der Waals surface area contributed by atoms with Crippen LogP contribution in [0.4, 0.5) is 5.69 Å². The van der Waals surface area contributed by atoms with Crippen LogP contribution in [0.2, 0.25) is 0 Å². The van der Waals surface area contributed by atoms with Crippen LogP contribution >= 0.6 is 0 Å². The van der Waals surface area contributed by atoms with Gasteiger partial charge in [0.25, 0.3) is 5.91 Å². The maximum absolute atomic E-state index is 12.8. The Kier molecular flexibility index (Phi) is 5.04. The highest BCUT2D eigenvalue weighted by Crippen LogP contribution is 2.28. The van der Waals surface area contributed by atoms with Crippen LogP contribution in [0.5, 0.6) is 0 Å². The number of amides is 1. The van der Waals surface area contributed by atoms with Crippen molar-refractivity contribution in [3.63, 3.8) is 0 Å². The number of carbonyl (C=O) groups excluding carboxylic acids is 1. The van der Waals surface area contributed by atoms with Crippen molar-refractivity contribution in [2.75, 3.05) is 5.32 Å². The Bertz CT molecular complexity index is 1380. The second-order valence-corrected chi connectivity index (χ2v) is 7.90. The van der Waals surface area contributed by atoms with E-state index in [2.05, 4.69) is 36.3 Å². The number of anilines is 1. The van der Waals surface area contributed by atoms with Crippen LogP contribution in [0.1, 0.15) is 21.5 Å². The summed E-state index contributed by atoms with van der Waals surface area (Å²) in [5.74, 6) is 0.374. The Balaban J connectivity index is 1.36. The van der Waals surface area contributed by atoms with Crippen molar-refractivity contribution in [1.29, 1.82) is 0 Å². The number of rotatable bonds is 4. The van der Waals surface area contributed by atoms with Crippen LogP contribution < -0.4 is 5.32 Å². The molecule has 1 amide bonds. The summed E-state index contributed by atoms with van der Waals surface area (Å²) in [7, 11) is 0. The van der Waals surface area contributed by atoms with E-state index < -0.39 is 0 Å². The number of nitrogens with zero attached hydrogens (tertiary/aromatic N) is 1. The molecule has 1 N–H and O–H groups in total. The van der Waals surface area contributed by atoms with Crippen molar-refractivity contribution in [2.24, 2.45) is 0 Å². The highest BCUT2D eigenvalue weighted by Gasteiger charge is 2.12. The molecule has 4 nitrogen and oxygen atoms in total. The molecule has 32 heavy (non-hydrogen) atoms. The number of aromatic nitrogens is 1. The minimum Gasteiger partial charge on any atom is -0.436 e. The van der Waals surface area contributed by atoms with E-state index in [1.807, 2.05) is 78.9 Å². The average Bonchev–Trinajstić information content (AvgIpc) is 3.23. The van der Waals surface area contributed by atoms with Crippen LogP contribution in [0.25, 0.3) is 33.7 Å². The summed E-state index contributed by atoms with van der Waals surface area (Å²) in [4.78, 5) is 17.4. The molecular weight excluding hydrogens is 396 g/mol. The molecule has 0 saturated heterocycles. The zero-order valence-corrected chi connectivity index (χ0v) is 17.9. The van der Waals surface area contributed by atoms with Crippen molar-refractivity contribution in [1.82, 2.24) is 4.98 Å². The molecule has 0 atom stereocenters. The highest BCUT2D eigenvalue weighted by molar-refractivity contribution is 6.04. The van der Waals surface area contributed by atoms with Gasteiger partial charge in [-0.25, -0.2) is 4.98 Å². The molecule has 0 radical (unpaired) electrons. The van der Waals surface area contributed by atoms with Crippen LogP contribution in [0.3, 0.4) is 0 Å². The summed E-state index contributed by atoms with van der Waals surface area (Å²) in [6.45, 7) is 4.12. The molecule has 0 aliphatic carbocycles. The molecule has 5 aromatic rings. The lowest BCUT2D eigenvalue weighted by Crippen LogP contribution is -2.11. The number of oxazole rings is 1. The number of hydrogen-bond acceptors (Lipinski definition) is 3. The third-order valence-electron chi connectivity index (χ3n) is 5.63. The number of aryl methyl sites for hydroxylation is 2. The molecule has 4 heteroatoms. The number of hydrogen-bond donors (Lipinski definition) is 1. The summed E-state index contributed by atoms with van der Waals surface area (Å²) < 4.78 is 5.97. The number of benzene rings is 4. The lowest BCUT2D eigenvalue weighted by atomic mass is 10.0. The first-order valence-corrected chi connectivity index (χ1v) is 10.5. The van der Waals surface area contributed by atoms with E-state index in [9.17, 15) is 4.79 Å². The van der Waals surface area contributed by atoms with E-state index in [-0.39, 0.29) is 5.91 Å². The first kappa shape index (κ1) is 19.8. The fourth-order valence-electron chi connectivity index (χ4n) is 3.68. The normalized spacial score (nSPS) is 10.9. The van der Waals surface area contributed by atoms with Gasteiger partial charge in [0.15, 0.2) is 5.58 Å². The summed E-state index contributed by atoms with van der Waals surface area (Å²) >= 11 is 0. The summed E-state index contributed by atoms with van der Waals surface area (Å²) in [5, 5.41) is 2.97. The van der Waals surface area contributed by atoms with Crippen LogP contribution in [0.15, 0.2) is 95.4 Å². The molecule has 0 unspecified atom stereocenters. The zero-order chi connectivity index (χ0) is 22.1. The lowest BCUT2D eigenvalue weighted by molar-refractivity contribution is 0.102. The maximum Gasteiger partial charge on any atom is 0.255 e. The third-order valence-corrected chi connectivity index (χ3v) is 5.63. The quantitative estimate of drug-likeness (QED) is 0.341. The standard InChI is InChI=1S/C28H22N2O2/c1-18-15-25-26(16-19(18)2)32-28(30-25)23-9-6-10-24(17-23)29-27(31)22-13-11-21(12-14-22)20-7-4-3-5-8-20/h3-17H,1-2H3,(H,29,31). The van der Waals surface area contributed by atoms with Crippen molar-refractivity contribution >= 4 is 22.7 Å². The van der Waals surface area contributed by atoms with E-state index >= 15 is 0 Å². The first-order valence-electron chi connectivity index (χ1n) is 10.5. The van der Waals surface area contributed by atoms with Gasteiger partial charge in [-0.2, -0.15) is 0 Å². The van der Waals surface area contributed by atoms with Crippen LogP contribution in [0, 0.1) is 13.8 Å². The molecule has 1 aromatic heterocycles. The Hall–Kier alpha value is -4.18. The summed E-state index contributed by atoms with van der Waals surface area (Å²) in [6, 6.07) is 29.3. The Morgan fingerprint density at radius 1 is 0.750 bits per heavy atom. The highest BCUT2D eigenvalue weighted by atomic mass is 16.3. The SMILES string of the molecule is Cc1cc2nc(-c3cccc(NC(=O)c4ccc(-c5ccccc5)cc4)c3)oc2cc1C. The van der Waals surface area contributed by atoms with Crippen LogP contribution in [-0.2, 0) is 0 Å². The van der Waals surface area contributed by atoms with Gasteiger partial charge >= 0.3 is 0 Å². The van der Waals surface area contributed by atoms with Crippen molar-refractivity contribution < 1.29 is 9.21 Å². The molecule has 5 rings (SSSR count). The Morgan fingerprint density at radius 3 is 2.22 bits per heavy atom. The number of fused-ring (bicyclic) bond motifs is 1. The van der Waals surface area contributed by atoms with E-state index in [4.69, 9.17) is 4.42 Å². The average molecular weight is 418 g/mol. The molecule has 0 fully saturated rings. The second kappa shape index (κ2) is 8.16. The minimum atomic E-state index is -0.162. The van der Waals surface area contributed by atoms with Gasteiger partial charge in [0.1, 0.15) is 5.52 Å². The zero-order valence-electron chi connectivity index (χ0n) is 17.9. The minimum absolute atomic E-state index is 0.162. The van der Waals surface area contributed by atoms with Gasteiger partial charge in [-0.05, 0) is 78.6 Å². The fourth-order valence-corrected chi connectivity index (χ4v) is 3.68. The van der Waals surface area contributed by atoms with Crippen molar-refractivity contribution in [3.05, 3.63) is 108 Å². The molecule has 0 spiro atoms. The molecule has 0 aliphatic heterocycles. The predicted molar refractivity (Wildman–Crippen MR) is 129 cm³/mol. The van der Waals surface area contributed by atoms with Crippen molar-refractivity contribution in [2.45, 2.75) is 13.8 Å². The monoisotopic (exact) mass is 418 g/mol. The van der Waals surface area contributed by atoms with E-state index in [1.54, 1.807) is 0 Å². The van der Waals surface area contributed by atoms with Gasteiger partial charge in [0, 0.05) is 16.8 Å². The van der Waals surface area contributed by atoms with E-state index in [0.717, 1.165) is 27.8 Å². The Morgan fingerprint density at radius 2 is 1.44 bits per heavy atom. The first-order chi connectivity index (χ1) is 15.6. The maximum atomic E-state index is 12.8. The predicted octanol–water partition coefficient (Wildman–Crippen LogP) is 7.03. The second-order valence-electron chi connectivity index (χ2n) is 7.90. The van der Waals surface area contributed by atoms with E-state index in [1.165, 1.54) is 11.1 Å². The molecule has 1 heterocycles. The molecule has 0 saturated carbocycles. The van der Waals surface area contributed by atoms with Gasteiger partial charge in [-0.3, -0.25) is 4.79 Å². The number of carbonyl (C=O) groups is 1. The van der Waals surface area contributed by atoms with E-state index in [0.29, 0.717) is 17.1 Å². The van der Waals surface area contributed by atoms with Gasteiger partial charge in [0.05, 0.1) is 0 Å². The molecular formula is C28H22N2O2. The summed E-state index contributed by atoms with van der Waals surface area (Å²) in [5.41, 5.74) is 8.23. The third kappa shape index (κ3) is 3.91. The smallest absolute Gasteiger partial charge is 0.255 e. The Labute approximate surface area is 186 Å². The summed E-state index contributed by atoms with van der Waals surface area (Å²) in [6.07, 6.45) is 0. The van der Waals surface area contributed by atoms with Gasteiger partial charge in [0.2, 0.25) is 5.89 Å². The largest absolute Gasteiger partial charge is 0.436 e. The van der Waals surface area contributed by atoms with Gasteiger partial charge in [-0.1, -0.05) is 48.5 Å². The topological polar surface area (TPSA) is 55.1 Å². The van der Waals surface area contributed by atoms with Crippen LogP contribution in [-0.4, -0.2) is 10.9 Å². The molecule has 156 valence electrons. The fraction of sp³-hybridized carbons (Fsp3) is 0.0714. The van der Waals surface area contributed by atoms with Crippen molar-refractivity contribution in [3.8, 4) is 22.6 Å². The lowest BCUT2D eigenvalue weighted by Gasteiger charge is -2.07. The molecule has 0 bridgehead atoms. The molecule has 4 aromatic carbocycles. The number of nitrogens with one attached hydrogen (secondary N) is 1. The molecule has 0 aliphatic rings. The van der Waals surface area contributed by atoms with Gasteiger partial charge < -0.3 is 9.73 Å².